The monoisotopic (exact) mass is 416 g/mol. The molecule has 2 aliphatic heterocycles. The van der Waals surface area contributed by atoms with E-state index in [1.807, 2.05) is 18.7 Å². The number of para-hydroxylation sites is 1. The zero-order valence-electron chi connectivity index (χ0n) is 18.1. The second-order valence-corrected chi connectivity index (χ2v) is 8.58. The minimum atomic E-state index is 0.00749. The summed E-state index contributed by atoms with van der Waals surface area (Å²) in [6.07, 6.45) is 0. The number of piperazine rings is 1. The highest BCUT2D eigenvalue weighted by Gasteiger charge is 2.35. The quantitative estimate of drug-likeness (QED) is 0.653. The molecule has 0 saturated carbocycles. The van der Waals surface area contributed by atoms with Crippen molar-refractivity contribution in [2.75, 3.05) is 31.1 Å². The van der Waals surface area contributed by atoms with E-state index in [4.69, 9.17) is 4.52 Å². The van der Waals surface area contributed by atoms with Crippen molar-refractivity contribution in [2.45, 2.75) is 33.0 Å². The first-order valence-corrected chi connectivity index (χ1v) is 10.9. The van der Waals surface area contributed by atoms with E-state index in [0.717, 1.165) is 26.2 Å². The van der Waals surface area contributed by atoms with Gasteiger partial charge in [-0.3, -0.25) is 9.69 Å². The Morgan fingerprint density at radius 3 is 2.58 bits per heavy atom. The highest BCUT2D eigenvalue weighted by Crippen LogP contribution is 2.31. The molecule has 1 saturated heterocycles. The van der Waals surface area contributed by atoms with Crippen LogP contribution < -0.4 is 4.90 Å². The standard InChI is InChI=1S/C25H28N4O2/c1-18-24(19(2)31-26-18)25(30)28-15-21-10-6-7-11-23(21)29-13-12-27(16-22(29)17-28)14-20-8-4-3-5-9-20/h3-11,22H,12-17H2,1-2H3. The lowest BCUT2D eigenvalue weighted by Gasteiger charge is -2.43. The average molecular weight is 417 g/mol. The number of anilines is 1. The third-order valence-electron chi connectivity index (χ3n) is 6.44. The summed E-state index contributed by atoms with van der Waals surface area (Å²) in [5, 5.41) is 4.00. The Morgan fingerprint density at radius 2 is 1.81 bits per heavy atom. The summed E-state index contributed by atoms with van der Waals surface area (Å²) in [6, 6.07) is 19.3. The molecule has 2 aliphatic rings. The molecular formula is C25H28N4O2. The van der Waals surface area contributed by atoms with E-state index in [-0.39, 0.29) is 11.9 Å². The summed E-state index contributed by atoms with van der Waals surface area (Å²) >= 11 is 0. The Balaban J connectivity index is 1.43. The molecule has 1 unspecified atom stereocenters. The van der Waals surface area contributed by atoms with Crippen molar-refractivity contribution in [1.82, 2.24) is 15.0 Å². The fourth-order valence-electron chi connectivity index (χ4n) is 4.93. The maximum absolute atomic E-state index is 13.5. The third kappa shape index (κ3) is 3.83. The van der Waals surface area contributed by atoms with Gasteiger partial charge in [-0.25, -0.2) is 0 Å². The number of hydrogen-bond acceptors (Lipinski definition) is 5. The highest BCUT2D eigenvalue weighted by atomic mass is 16.5. The van der Waals surface area contributed by atoms with Gasteiger partial charge in [-0.1, -0.05) is 53.7 Å². The van der Waals surface area contributed by atoms with Gasteiger partial charge in [-0.15, -0.1) is 0 Å². The Morgan fingerprint density at radius 1 is 1.03 bits per heavy atom. The van der Waals surface area contributed by atoms with Crippen LogP contribution >= 0.6 is 0 Å². The van der Waals surface area contributed by atoms with Gasteiger partial charge in [0.05, 0.1) is 11.7 Å². The van der Waals surface area contributed by atoms with Crippen LogP contribution in [0.25, 0.3) is 0 Å². The zero-order chi connectivity index (χ0) is 21.4. The van der Waals surface area contributed by atoms with Gasteiger partial charge in [0, 0.05) is 45.0 Å². The van der Waals surface area contributed by atoms with Crippen molar-refractivity contribution in [3.63, 3.8) is 0 Å². The van der Waals surface area contributed by atoms with Crippen molar-refractivity contribution in [3.05, 3.63) is 82.7 Å². The van der Waals surface area contributed by atoms with Crippen LogP contribution in [0.5, 0.6) is 0 Å². The first-order chi connectivity index (χ1) is 15.1. The van der Waals surface area contributed by atoms with Crippen molar-refractivity contribution < 1.29 is 9.32 Å². The number of rotatable bonds is 3. The number of hydrogen-bond donors (Lipinski definition) is 0. The van der Waals surface area contributed by atoms with Crippen LogP contribution in [0.15, 0.2) is 59.1 Å². The lowest BCUT2D eigenvalue weighted by atomic mass is 10.1. The second kappa shape index (κ2) is 8.19. The molecule has 3 heterocycles. The minimum Gasteiger partial charge on any atom is -0.364 e. The van der Waals surface area contributed by atoms with Crippen molar-refractivity contribution in [2.24, 2.45) is 0 Å². The fraction of sp³-hybridized carbons (Fsp3) is 0.360. The summed E-state index contributed by atoms with van der Waals surface area (Å²) in [6.45, 7) is 8.77. The maximum Gasteiger partial charge on any atom is 0.259 e. The van der Waals surface area contributed by atoms with Crippen LogP contribution in [-0.4, -0.2) is 53.1 Å². The predicted octanol–water partition coefficient (Wildman–Crippen LogP) is 3.64. The number of aromatic nitrogens is 1. The molecule has 0 spiro atoms. The van der Waals surface area contributed by atoms with Crippen molar-refractivity contribution in [3.8, 4) is 0 Å². The number of fused-ring (bicyclic) bond motifs is 3. The van der Waals surface area contributed by atoms with Gasteiger partial charge < -0.3 is 14.3 Å². The van der Waals surface area contributed by atoms with Crippen molar-refractivity contribution in [1.29, 1.82) is 0 Å². The molecule has 0 aliphatic carbocycles. The van der Waals surface area contributed by atoms with Crippen LogP contribution in [0, 0.1) is 13.8 Å². The van der Waals surface area contributed by atoms with Crippen molar-refractivity contribution >= 4 is 11.6 Å². The summed E-state index contributed by atoms with van der Waals surface area (Å²) < 4.78 is 5.28. The van der Waals surface area contributed by atoms with Crippen LogP contribution in [-0.2, 0) is 13.1 Å². The molecular weight excluding hydrogens is 388 g/mol. The largest absolute Gasteiger partial charge is 0.364 e. The number of carbonyl (C=O) groups excluding carboxylic acids is 1. The molecule has 6 heteroatoms. The van der Waals surface area contributed by atoms with E-state index in [1.165, 1.54) is 16.8 Å². The van der Waals surface area contributed by atoms with E-state index in [2.05, 4.69) is 69.6 Å². The first-order valence-electron chi connectivity index (χ1n) is 10.9. The molecule has 0 radical (unpaired) electrons. The van der Waals surface area contributed by atoms with Gasteiger partial charge in [0.2, 0.25) is 0 Å². The number of aryl methyl sites for hydroxylation is 2. The van der Waals surface area contributed by atoms with E-state index >= 15 is 0 Å². The molecule has 1 aromatic heterocycles. The first kappa shape index (κ1) is 19.8. The minimum absolute atomic E-state index is 0.00749. The van der Waals surface area contributed by atoms with E-state index in [1.54, 1.807) is 0 Å². The molecule has 5 rings (SSSR count). The Bertz CT molecular complexity index is 1060. The van der Waals surface area contributed by atoms with Gasteiger partial charge in [0.25, 0.3) is 5.91 Å². The fourth-order valence-corrected chi connectivity index (χ4v) is 4.93. The average Bonchev–Trinajstić information content (AvgIpc) is 3.02. The molecule has 2 aromatic carbocycles. The van der Waals surface area contributed by atoms with Gasteiger partial charge in [-0.05, 0) is 31.0 Å². The van der Waals surface area contributed by atoms with Crippen LogP contribution in [0.3, 0.4) is 0 Å². The lowest BCUT2D eigenvalue weighted by molar-refractivity contribution is 0.0716. The molecule has 160 valence electrons. The zero-order valence-corrected chi connectivity index (χ0v) is 18.1. The Labute approximate surface area is 183 Å². The van der Waals surface area contributed by atoms with Crippen LogP contribution in [0.4, 0.5) is 5.69 Å². The van der Waals surface area contributed by atoms with Gasteiger partial charge in [0.15, 0.2) is 0 Å². The molecule has 6 nitrogen and oxygen atoms in total. The lowest BCUT2D eigenvalue weighted by Crippen LogP contribution is -2.56. The summed E-state index contributed by atoms with van der Waals surface area (Å²) in [4.78, 5) is 20.5. The number of nitrogens with zero attached hydrogens (tertiary/aromatic N) is 4. The third-order valence-corrected chi connectivity index (χ3v) is 6.44. The van der Waals surface area contributed by atoms with Crippen LogP contribution in [0.1, 0.15) is 32.9 Å². The molecule has 1 amide bonds. The molecule has 3 aromatic rings. The van der Waals surface area contributed by atoms with Crippen LogP contribution in [0.2, 0.25) is 0 Å². The molecule has 1 fully saturated rings. The molecule has 1 atom stereocenters. The van der Waals surface area contributed by atoms with E-state index in [9.17, 15) is 4.79 Å². The molecule has 0 bridgehead atoms. The van der Waals surface area contributed by atoms with Gasteiger partial charge >= 0.3 is 0 Å². The summed E-state index contributed by atoms with van der Waals surface area (Å²) in [5.74, 6) is 0.597. The number of carbonyl (C=O) groups is 1. The Hall–Kier alpha value is -3.12. The second-order valence-electron chi connectivity index (χ2n) is 8.58. The predicted molar refractivity (Wildman–Crippen MR) is 120 cm³/mol. The van der Waals surface area contributed by atoms with Gasteiger partial charge in [-0.2, -0.15) is 0 Å². The number of amides is 1. The van der Waals surface area contributed by atoms with E-state index < -0.39 is 0 Å². The SMILES string of the molecule is Cc1noc(C)c1C(=O)N1Cc2ccccc2N2CCN(Cc3ccccc3)CC2C1. The smallest absolute Gasteiger partial charge is 0.259 e. The molecule has 31 heavy (non-hydrogen) atoms. The number of benzene rings is 2. The topological polar surface area (TPSA) is 52.8 Å². The summed E-state index contributed by atoms with van der Waals surface area (Å²) in [5.41, 5.74) is 5.03. The summed E-state index contributed by atoms with van der Waals surface area (Å²) in [7, 11) is 0. The Kier molecular flexibility index (Phi) is 5.24. The maximum atomic E-state index is 13.5. The normalized spacial score (nSPS) is 19.0. The van der Waals surface area contributed by atoms with E-state index in [0.29, 0.717) is 30.1 Å². The highest BCUT2D eigenvalue weighted by molar-refractivity contribution is 5.96. The van der Waals surface area contributed by atoms with Gasteiger partial charge in [0.1, 0.15) is 11.3 Å². The molecule has 0 N–H and O–H groups in total.